The van der Waals surface area contributed by atoms with Gasteiger partial charge in [0.15, 0.2) is 0 Å². The van der Waals surface area contributed by atoms with Gasteiger partial charge in [-0.3, -0.25) is 0 Å². The van der Waals surface area contributed by atoms with Crippen molar-refractivity contribution in [1.82, 2.24) is 9.80 Å². The van der Waals surface area contributed by atoms with Gasteiger partial charge in [-0.15, -0.1) is 24.8 Å². The zero-order valence-corrected chi connectivity index (χ0v) is 19.9. The van der Waals surface area contributed by atoms with Crippen LogP contribution in [0.2, 0.25) is 0 Å². The average molecular weight is 469 g/mol. The minimum atomic E-state index is -0.612. The van der Waals surface area contributed by atoms with Crippen LogP contribution in [0, 0.1) is 5.82 Å². The first kappa shape index (κ1) is 26.1. The van der Waals surface area contributed by atoms with Crippen molar-refractivity contribution in [3.05, 3.63) is 59.9 Å². The van der Waals surface area contributed by atoms with Gasteiger partial charge in [0.1, 0.15) is 5.82 Å². The highest BCUT2D eigenvalue weighted by Crippen LogP contribution is 2.41. The third-order valence-electron chi connectivity index (χ3n) is 6.90. The van der Waals surface area contributed by atoms with Crippen molar-refractivity contribution in [1.29, 1.82) is 0 Å². The first-order valence-corrected chi connectivity index (χ1v) is 11.0. The average Bonchev–Trinajstić information content (AvgIpc) is 2.74. The molecule has 2 aromatic rings. The lowest BCUT2D eigenvalue weighted by atomic mass is 9.72. The van der Waals surface area contributed by atoms with E-state index in [1.807, 2.05) is 12.1 Å². The lowest BCUT2D eigenvalue weighted by Crippen LogP contribution is -2.50. The fraction of sp³-hybridized carbons (Fsp3) is 0.520. The standard InChI is InChI=1S/C25H33FN2O.2ClH/c1-27-15-17-28(18-16-27)19-24(25(29)13-3-2-4-14-25)22-7-5-20(6-8-22)21-9-11-23(26)12-10-21;;/h5-12,24,29H,2-4,13-19H2,1H3;2*1H. The Hall–Kier alpha value is -1.17. The summed E-state index contributed by atoms with van der Waals surface area (Å²) < 4.78 is 13.2. The lowest BCUT2D eigenvalue weighted by Gasteiger charge is -2.43. The van der Waals surface area contributed by atoms with Crippen LogP contribution in [0.5, 0.6) is 0 Å². The monoisotopic (exact) mass is 468 g/mol. The van der Waals surface area contributed by atoms with Crippen molar-refractivity contribution < 1.29 is 9.50 Å². The molecule has 1 atom stereocenters. The topological polar surface area (TPSA) is 26.7 Å². The molecule has 1 aliphatic carbocycles. The van der Waals surface area contributed by atoms with Gasteiger partial charge in [0.25, 0.3) is 0 Å². The summed E-state index contributed by atoms with van der Waals surface area (Å²) in [5.41, 5.74) is 2.71. The zero-order chi connectivity index (χ0) is 20.3. The highest BCUT2D eigenvalue weighted by Gasteiger charge is 2.39. The van der Waals surface area contributed by atoms with E-state index in [2.05, 4.69) is 41.1 Å². The van der Waals surface area contributed by atoms with E-state index in [4.69, 9.17) is 0 Å². The van der Waals surface area contributed by atoms with E-state index in [1.165, 1.54) is 24.1 Å². The van der Waals surface area contributed by atoms with Crippen LogP contribution >= 0.6 is 24.8 Å². The zero-order valence-electron chi connectivity index (χ0n) is 18.3. The van der Waals surface area contributed by atoms with Crippen molar-refractivity contribution in [3.8, 4) is 11.1 Å². The van der Waals surface area contributed by atoms with E-state index in [1.54, 1.807) is 0 Å². The summed E-state index contributed by atoms with van der Waals surface area (Å²) in [5, 5.41) is 11.6. The van der Waals surface area contributed by atoms with Gasteiger partial charge in [-0.05, 0) is 48.7 Å². The van der Waals surface area contributed by atoms with Crippen LogP contribution in [-0.4, -0.2) is 60.3 Å². The summed E-state index contributed by atoms with van der Waals surface area (Å²) in [6, 6.07) is 15.2. The number of aliphatic hydroxyl groups is 1. The van der Waals surface area contributed by atoms with Crippen LogP contribution in [0.4, 0.5) is 4.39 Å². The predicted octanol–water partition coefficient (Wildman–Crippen LogP) is 5.36. The van der Waals surface area contributed by atoms with E-state index < -0.39 is 5.60 Å². The third kappa shape index (κ3) is 6.43. The van der Waals surface area contributed by atoms with Crippen LogP contribution in [0.25, 0.3) is 11.1 Å². The Bertz CT molecular complexity index is 786. The molecule has 2 aliphatic rings. The summed E-state index contributed by atoms with van der Waals surface area (Å²) in [7, 11) is 2.18. The number of likely N-dealkylation sites (N-methyl/N-ethyl adjacent to an activating group) is 1. The van der Waals surface area contributed by atoms with E-state index in [0.717, 1.165) is 69.5 Å². The quantitative estimate of drug-likeness (QED) is 0.639. The number of rotatable bonds is 5. The van der Waals surface area contributed by atoms with E-state index in [-0.39, 0.29) is 36.5 Å². The molecular formula is C25H35Cl2FN2O. The molecule has 0 bridgehead atoms. The summed E-state index contributed by atoms with van der Waals surface area (Å²) in [4.78, 5) is 4.89. The Morgan fingerprint density at radius 1 is 0.839 bits per heavy atom. The summed E-state index contributed by atoms with van der Waals surface area (Å²) in [5.74, 6) is -0.0781. The number of piperazine rings is 1. The van der Waals surface area contributed by atoms with Crippen LogP contribution in [-0.2, 0) is 0 Å². The van der Waals surface area contributed by atoms with E-state index >= 15 is 0 Å². The predicted molar refractivity (Wildman–Crippen MR) is 131 cm³/mol. The van der Waals surface area contributed by atoms with Crippen molar-refractivity contribution >= 4 is 24.8 Å². The molecule has 6 heteroatoms. The number of benzene rings is 2. The van der Waals surface area contributed by atoms with Crippen LogP contribution in [0.15, 0.2) is 48.5 Å². The van der Waals surface area contributed by atoms with Gasteiger partial charge in [-0.2, -0.15) is 0 Å². The molecule has 1 heterocycles. The molecule has 1 saturated carbocycles. The molecule has 0 aromatic heterocycles. The van der Waals surface area contributed by atoms with Gasteiger partial charge < -0.3 is 14.9 Å². The Morgan fingerprint density at radius 2 is 1.35 bits per heavy atom. The molecule has 3 nitrogen and oxygen atoms in total. The Kier molecular flexibility index (Phi) is 9.78. The molecule has 0 spiro atoms. The maximum Gasteiger partial charge on any atom is 0.123 e. The molecule has 1 unspecified atom stereocenters. The molecule has 0 radical (unpaired) electrons. The second kappa shape index (κ2) is 11.6. The van der Waals surface area contributed by atoms with Gasteiger partial charge in [0, 0.05) is 38.6 Å². The van der Waals surface area contributed by atoms with E-state index in [0.29, 0.717) is 0 Å². The number of hydrogen-bond donors (Lipinski definition) is 1. The fourth-order valence-electron chi connectivity index (χ4n) is 4.94. The molecule has 4 rings (SSSR count). The first-order valence-electron chi connectivity index (χ1n) is 11.0. The van der Waals surface area contributed by atoms with Crippen LogP contribution in [0.3, 0.4) is 0 Å². The third-order valence-corrected chi connectivity index (χ3v) is 6.90. The number of hydrogen-bond acceptors (Lipinski definition) is 3. The molecule has 31 heavy (non-hydrogen) atoms. The molecular weight excluding hydrogens is 434 g/mol. The number of nitrogens with zero attached hydrogens (tertiary/aromatic N) is 2. The van der Waals surface area contributed by atoms with Crippen LogP contribution in [0.1, 0.15) is 43.6 Å². The SMILES string of the molecule is CN1CCN(CC(c2ccc(-c3ccc(F)cc3)cc2)C2(O)CCCCC2)CC1.Cl.Cl. The molecule has 0 amide bonds. The van der Waals surface area contributed by atoms with Gasteiger partial charge >= 0.3 is 0 Å². The van der Waals surface area contributed by atoms with Crippen molar-refractivity contribution in [3.63, 3.8) is 0 Å². The lowest BCUT2D eigenvalue weighted by molar-refractivity contribution is -0.0337. The van der Waals surface area contributed by atoms with Gasteiger partial charge in [-0.25, -0.2) is 4.39 Å². The second-order valence-electron chi connectivity index (χ2n) is 8.95. The summed E-state index contributed by atoms with van der Waals surface area (Å²) in [6.45, 7) is 5.23. The minimum Gasteiger partial charge on any atom is -0.389 e. The molecule has 1 N–H and O–H groups in total. The van der Waals surface area contributed by atoms with Crippen molar-refractivity contribution in [2.24, 2.45) is 0 Å². The molecule has 2 fully saturated rings. The molecule has 2 aromatic carbocycles. The largest absolute Gasteiger partial charge is 0.389 e. The molecule has 172 valence electrons. The highest BCUT2D eigenvalue weighted by molar-refractivity contribution is 5.85. The van der Waals surface area contributed by atoms with Crippen molar-refractivity contribution in [2.45, 2.75) is 43.6 Å². The van der Waals surface area contributed by atoms with Gasteiger partial charge in [0.05, 0.1) is 5.60 Å². The molecule has 1 saturated heterocycles. The van der Waals surface area contributed by atoms with E-state index in [9.17, 15) is 9.50 Å². The van der Waals surface area contributed by atoms with Crippen LogP contribution < -0.4 is 0 Å². The number of halogens is 3. The van der Waals surface area contributed by atoms with Gasteiger partial charge in [-0.1, -0.05) is 55.7 Å². The molecule has 1 aliphatic heterocycles. The highest BCUT2D eigenvalue weighted by atomic mass is 35.5. The minimum absolute atomic E-state index is 0. The fourth-order valence-corrected chi connectivity index (χ4v) is 4.94. The van der Waals surface area contributed by atoms with Crippen molar-refractivity contribution in [2.75, 3.05) is 39.8 Å². The maximum atomic E-state index is 13.2. The smallest absolute Gasteiger partial charge is 0.123 e. The Morgan fingerprint density at radius 3 is 1.90 bits per heavy atom. The Labute approximate surface area is 198 Å². The first-order chi connectivity index (χ1) is 14.0. The summed E-state index contributed by atoms with van der Waals surface area (Å²) >= 11 is 0. The summed E-state index contributed by atoms with van der Waals surface area (Å²) in [6.07, 6.45) is 5.25. The maximum absolute atomic E-state index is 13.2. The second-order valence-corrected chi connectivity index (χ2v) is 8.95. The van der Waals surface area contributed by atoms with Gasteiger partial charge in [0.2, 0.25) is 0 Å². The normalized spacial score (nSPS) is 20.4. The Balaban J connectivity index is 0.00000171.